The zero-order chi connectivity index (χ0) is 11.5. The largest absolute Gasteiger partial charge is 0.303 e. The summed E-state index contributed by atoms with van der Waals surface area (Å²) in [5.41, 5.74) is 0.629. The predicted molar refractivity (Wildman–Crippen MR) is 53.9 cm³/mol. The standard InChI is InChI=1S/C11H8F2N2O/c12-10(13)9(16)11-14-6-7-15(11)8-4-2-1-3-5-8/h1-7,10H. The summed E-state index contributed by atoms with van der Waals surface area (Å²) in [5.74, 6) is -1.52. The molecule has 16 heavy (non-hydrogen) atoms. The molecule has 0 bridgehead atoms. The minimum atomic E-state index is -3.04. The predicted octanol–water partition coefficient (Wildman–Crippen LogP) is 2.32. The molecule has 0 unspecified atom stereocenters. The molecule has 0 aliphatic heterocycles. The molecular formula is C11H8F2N2O. The van der Waals surface area contributed by atoms with Crippen molar-refractivity contribution in [1.29, 1.82) is 0 Å². The van der Waals surface area contributed by atoms with Crippen LogP contribution in [-0.2, 0) is 0 Å². The number of imidazole rings is 1. The Morgan fingerprint density at radius 3 is 2.56 bits per heavy atom. The van der Waals surface area contributed by atoms with E-state index in [2.05, 4.69) is 4.98 Å². The second-order valence-corrected chi connectivity index (χ2v) is 3.12. The zero-order valence-corrected chi connectivity index (χ0v) is 8.18. The summed E-state index contributed by atoms with van der Waals surface area (Å²) >= 11 is 0. The fourth-order valence-electron chi connectivity index (χ4n) is 1.38. The van der Waals surface area contributed by atoms with Crippen LogP contribution in [0.3, 0.4) is 0 Å². The van der Waals surface area contributed by atoms with Gasteiger partial charge < -0.3 is 0 Å². The number of aromatic nitrogens is 2. The molecule has 0 amide bonds. The van der Waals surface area contributed by atoms with Crippen LogP contribution in [-0.4, -0.2) is 21.8 Å². The van der Waals surface area contributed by atoms with Crippen LogP contribution in [0.4, 0.5) is 8.78 Å². The first kappa shape index (κ1) is 10.5. The Morgan fingerprint density at radius 1 is 1.25 bits per heavy atom. The molecule has 0 aliphatic carbocycles. The third kappa shape index (κ3) is 1.84. The molecule has 0 radical (unpaired) electrons. The van der Waals surface area contributed by atoms with Crippen LogP contribution in [0.1, 0.15) is 10.6 Å². The minimum Gasteiger partial charge on any atom is -0.297 e. The Kier molecular flexibility index (Phi) is 2.76. The maximum absolute atomic E-state index is 12.3. The van der Waals surface area contributed by atoms with Crippen molar-refractivity contribution >= 4 is 5.78 Å². The van der Waals surface area contributed by atoms with Crippen LogP contribution in [0.25, 0.3) is 5.69 Å². The van der Waals surface area contributed by atoms with E-state index in [0.717, 1.165) is 0 Å². The van der Waals surface area contributed by atoms with Gasteiger partial charge in [-0.3, -0.25) is 9.36 Å². The average Bonchev–Trinajstić information content (AvgIpc) is 2.77. The molecule has 5 heteroatoms. The van der Waals surface area contributed by atoms with Crippen molar-refractivity contribution in [1.82, 2.24) is 9.55 Å². The third-order valence-electron chi connectivity index (χ3n) is 2.09. The molecule has 0 spiro atoms. The number of nitrogens with zero attached hydrogens (tertiary/aromatic N) is 2. The van der Waals surface area contributed by atoms with Gasteiger partial charge in [0, 0.05) is 18.1 Å². The molecule has 0 N–H and O–H groups in total. The van der Waals surface area contributed by atoms with E-state index >= 15 is 0 Å². The van der Waals surface area contributed by atoms with Gasteiger partial charge in [0.05, 0.1) is 0 Å². The van der Waals surface area contributed by atoms with Gasteiger partial charge in [0.1, 0.15) is 0 Å². The summed E-state index contributed by atoms with van der Waals surface area (Å²) in [6.45, 7) is 0. The van der Waals surface area contributed by atoms with E-state index in [1.807, 2.05) is 0 Å². The Morgan fingerprint density at radius 2 is 1.94 bits per heavy atom. The van der Waals surface area contributed by atoms with Gasteiger partial charge in [-0.1, -0.05) is 18.2 Å². The molecule has 0 fully saturated rings. The third-order valence-corrected chi connectivity index (χ3v) is 2.09. The molecule has 2 rings (SSSR count). The van der Waals surface area contributed by atoms with Gasteiger partial charge in [0.2, 0.25) is 0 Å². The van der Waals surface area contributed by atoms with Crippen molar-refractivity contribution < 1.29 is 13.6 Å². The normalized spacial score (nSPS) is 10.7. The molecule has 1 heterocycles. The Hall–Kier alpha value is -2.04. The number of carbonyl (C=O) groups is 1. The zero-order valence-electron chi connectivity index (χ0n) is 8.18. The number of para-hydroxylation sites is 1. The highest BCUT2D eigenvalue weighted by Gasteiger charge is 2.22. The summed E-state index contributed by atoms with van der Waals surface area (Å²) < 4.78 is 25.9. The van der Waals surface area contributed by atoms with E-state index in [-0.39, 0.29) is 5.82 Å². The molecule has 1 aromatic carbocycles. The first-order valence-electron chi connectivity index (χ1n) is 4.61. The molecule has 3 nitrogen and oxygen atoms in total. The van der Waals surface area contributed by atoms with Crippen LogP contribution < -0.4 is 0 Å². The van der Waals surface area contributed by atoms with E-state index in [4.69, 9.17) is 0 Å². The van der Waals surface area contributed by atoms with Gasteiger partial charge in [-0.2, -0.15) is 0 Å². The molecule has 0 aliphatic rings. The van der Waals surface area contributed by atoms with Crippen LogP contribution in [0.15, 0.2) is 42.7 Å². The highest BCUT2D eigenvalue weighted by atomic mass is 19.3. The van der Waals surface area contributed by atoms with Crippen molar-refractivity contribution in [2.24, 2.45) is 0 Å². The van der Waals surface area contributed by atoms with Gasteiger partial charge in [-0.25, -0.2) is 13.8 Å². The summed E-state index contributed by atoms with van der Waals surface area (Å²) in [6, 6.07) is 8.74. The number of carbonyl (C=O) groups excluding carboxylic acids is 1. The Balaban J connectivity index is 2.45. The maximum Gasteiger partial charge on any atom is 0.303 e. The molecule has 0 saturated carbocycles. The highest BCUT2D eigenvalue weighted by molar-refractivity contribution is 5.95. The molecule has 82 valence electrons. The topological polar surface area (TPSA) is 34.9 Å². The first-order chi connectivity index (χ1) is 7.70. The number of hydrogen-bond donors (Lipinski definition) is 0. The van der Waals surface area contributed by atoms with E-state index in [0.29, 0.717) is 5.69 Å². The van der Waals surface area contributed by atoms with Crippen LogP contribution in [0.2, 0.25) is 0 Å². The van der Waals surface area contributed by atoms with Crippen LogP contribution in [0, 0.1) is 0 Å². The number of alkyl halides is 2. The van der Waals surface area contributed by atoms with E-state index in [9.17, 15) is 13.6 Å². The monoisotopic (exact) mass is 222 g/mol. The second-order valence-electron chi connectivity index (χ2n) is 3.12. The number of benzene rings is 1. The molecular weight excluding hydrogens is 214 g/mol. The summed E-state index contributed by atoms with van der Waals surface area (Å²) in [7, 11) is 0. The SMILES string of the molecule is O=C(c1nccn1-c1ccccc1)C(F)F. The average molecular weight is 222 g/mol. The number of hydrogen-bond acceptors (Lipinski definition) is 2. The Bertz CT molecular complexity index is 494. The summed E-state index contributed by atoms with van der Waals surface area (Å²) in [5, 5.41) is 0. The lowest BCUT2D eigenvalue weighted by atomic mass is 10.3. The smallest absolute Gasteiger partial charge is 0.297 e. The van der Waals surface area contributed by atoms with Gasteiger partial charge >= 0.3 is 6.43 Å². The fraction of sp³-hybridized carbons (Fsp3) is 0.0909. The van der Waals surface area contributed by atoms with Crippen molar-refractivity contribution in [2.75, 3.05) is 0 Å². The number of rotatable bonds is 3. The van der Waals surface area contributed by atoms with Gasteiger partial charge in [-0.15, -0.1) is 0 Å². The number of Topliss-reactive ketones (excluding diaryl/α,β-unsaturated/α-hetero) is 1. The molecule has 0 atom stereocenters. The number of halogens is 2. The van der Waals surface area contributed by atoms with Crippen molar-refractivity contribution in [2.45, 2.75) is 6.43 Å². The number of ketones is 1. The second kappa shape index (κ2) is 4.22. The maximum atomic E-state index is 12.3. The molecule has 1 aromatic heterocycles. The lowest BCUT2D eigenvalue weighted by Crippen LogP contribution is -2.16. The van der Waals surface area contributed by atoms with Crippen LogP contribution in [0.5, 0.6) is 0 Å². The van der Waals surface area contributed by atoms with Crippen LogP contribution >= 0.6 is 0 Å². The highest BCUT2D eigenvalue weighted by Crippen LogP contribution is 2.12. The quantitative estimate of drug-likeness (QED) is 0.747. The molecule has 2 aromatic rings. The van der Waals surface area contributed by atoms with E-state index < -0.39 is 12.2 Å². The molecule has 0 saturated heterocycles. The van der Waals surface area contributed by atoms with E-state index in [1.165, 1.54) is 17.0 Å². The Labute approximate surface area is 90.3 Å². The lowest BCUT2D eigenvalue weighted by molar-refractivity contribution is 0.0665. The summed E-state index contributed by atoms with van der Waals surface area (Å²) in [6.07, 6.45) is -0.238. The fourth-order valence-corrected chi connectivity index (χ4v) is 1.38. The lowest BCUT2D eigenvalue weighted by Gasteiger charge is -2.05. The van der Waals surface area contributed by atoms with Gasteiger partial charge in [-0.05, 0) is 12.1 Å². The van der Waals surface area contributed by atoms with Crippen molar-refractivity contribution in [3.05, 3.63) is 48.5 Å². The first-order valence-corrected chi connectivity index (χ1v) is 4.61. The minimum absolute atomic E-state index is 0.249. The van der Waals surface area contributed by atoms with Crippen molar-refractivity contribution in [3.63, 3.8) is 0 Å². The van der Waals surface area contributed by atoms with Gasteiger partial charge in [0.25, 0.3) is 5.78 Å². The van der Waals surface area contributed by atoms with Crippen molar-refractivity contribution in [3.8, 4) is 5.69 Å². The summed E-state index contributed by atoms with van der Waals surface area (Å²) in [4.78, 5) is 14.8. The van der Waals surface area contributed by atoms with Gasteiger partial charge in [0.15, 0.2) is 5.82 Å². The van der Waals surface area contributed by atoms with E-state index in [1.54, 1.807) is 30.3 Å².